The fourth-order valence-electron chi connectivity index (χ4n) is 3.41. The first kappa shape index (κ1) is 20.1. The summed E-state index contributed by atoms with van der Waals surface area (Å²) in [5.74, 6) is 0. The summed E-state index contributed by atoms with van der Waals surface area (Å²) in [7, 11) is -3.27. The molecule has 0 aliphatic rings. The van der Waals surface area contributed by atoms with Gasteiger partial charge in [0.15, 0.2) is 0 Å². The van der Waals surface area contributed by atoms with E-state index in [2.05, 4.69) is 49.9 Å². The summed E-state index contributed by atoms with van der Waals surface area (Å²) in [6, 6.07) is 24.1. The second kappa shape index (κ2) is 8.69. The lowest BCUT2D eigenvalue weighted by molar-refractivity contribution is 0.607. The predicted molar refractivity (Wildman–Crippen MR) is 121 cm³/mol. The maximum Gasteiger partial charge on any atom is 0.229 e. The zero-order valence-electron chi connectivity index (χ0n) is 16.7. The number of benzene rings is 3. The van der Waals surface area contributed by atoms with Crippen LogP contribution in [-0.2, 0) is 29.7 Å². The van der Waals surface area contributed by atoms with E-state index in [1.54, 1.807) is 6.07 Å². The summed E-state index contributed by atoms with van der Waals surface area (Å²) < 4.78 is 27.4. The summed E-state index contributed by atoms with van der Waals surface area (Å²) in [6.07, 6.45) is 3.03. The predicted octanol–water partition coefficient (Wildman–Crippen LogP) is 3.75. The van der Waals surface area contributed by atoms with E-state index in [0.29, 0.717) is 12.2 Å². The monoisotopic (exact) mass is 420 g/mol. The van der Waals surface area contributed by atoms with Crippen LogP contribution in [0.15, 0.2) is 79.1 Å². The van der Waals surface area contributed by atoms with Gasteiger partial charge in [0.05, 0.1) is 23.6 Å². The van der Waals surface area contributed by atoms with Crippen LogP contribution in [0.3, 0.4) is 0 Å². The Labute approximate surface area is 176 Å². The molecule has 2 N–H and O–H groups in total. The Kier molecular flexibility index (Phi) is 5.83. The van der Waals surface area contributed by atoms with E-state index in [4.69, 9.17) is 0 Å². The van der Waals surface area contributed by atoms with E-state index < -0.39 is 10.0 Å². The molecule has 1 heterocycles. The summed E-state index contributed by atoms with van der Waals surface area (Å²) in [4.78, 5) is 4.44. The van der Waals surface area contributed by atoms with Gasteiger partial charge in [0.25, 0.3) is 0 Å². The summed E-state index contributed by atoms with van der Waals surface area (Å²) >= 11 is 0. The molecule has 154 valence electrons. The summed E-state index contributed by atoms with van der Waals surface area (Å²) in [5, 5.41) is 3.40. The zero-order valence-corrected chi connectivity index (χ0v) is 17.6. The number of nitrogens with one attached hydrogen (secondary N) is 2. The number of anilines is 1. The number of hydrogen-bond donors (Lipinski definition) is 2. The molecule has 0 saturated carbocycles. The number of fused-ring (bicyclic) bond motifs is 1. The molecule has 1 aromatic heterocycles. The molecule has 6 nitrogen and oxygen atoms in total. The van der Waals surface area contributed by atoms with Gasteiger partial charge in [-0.2, -0.15) is 0 Å². The largest absolute Gasteiger partial charge is 0.326 e. The Morgan fingerprint density at radius 2 is 1.60 bits per heavy atom. The lowest BCUT2D eigenvalue weighted by atomic mass is 10.1. The maximum atomic E-state index is 11.4. The van der Waals surface area contributed by atoms with Gasteiger partial charge in [0.1, 0.15) is 0 Å². The van der Waals surface area contributed by atoms with Gasteiger partial charge in [-0.15, -0.1) is 0 Å². The minimum absolute atomic E-state index is 0.577. The highest BCUT2D eigenvalue weighted by Crippen LogP contribution is 2.15. The van der Waals surface area contributed by atoms with Crippen LogP contribution in [0.25, 0.3) is 11.0 Å². The lowest BCUT2D eigenvalue weighted by Crippen LogP contribution is -2.14. The molecule has 0 amide bonds. The standard InChI is InChI=1S/C23H24N4O2S/c1-30(28,29)26-21-6-4-5-20(13-21)15-24-14-18-9-11-19(12-10-18)16-27-17-25-22-7-2-3-8-23(22)27/h2-13,17,24,26H,14-16H2,1H3. The van der Waals surface area contributed by atoms with Crippen LogP contribution in [0.2, 0.25) is 0 Å². The molecular formula is C23H24N4O2S. The average molecular weight is 421 g/mol. The first-order valence-electron chi connectivity index (χ1n) is 9.71. The van der Waals surface area contributed by atoms with Crippen molar-refractivity contribution in [2.75, 3.05) is 11.0 Å². The molecule has 0 radical (unpaired) electrons. The molecule has 0 aliphatic heterocycles. The Morgan fingerprint density at radius 3 is 2.40 bits per heavy atom. The van der Waals surface area contributed by atoms with Crippen molar-refractivity contribution in [2.45, 2.75) is 19.6 Å². The molecule has 0 fully saturated rings. The Hall–Kier alpha value is -3.16. The highest BCUT2D eigenvalue weighted by Gasteiger charge is 2.04. The fourth-order valence-corrected chi connectivity index (χ4v) is 3.96. The topological polar surface area (TPSA) is 76.0 Å². The minimum atomic E-state index is -3.27. The van der Waals surface area contributed by atoms with Crippen molar-refractivity contribution in [1.29, 1.82) is 0 Å². The summed E-state index contributed by atoms with van der Waals surface area (Å²) in [6.45, 7) is 2.18. The molecule has 4 aromatic rings. The van der Waals surface area contributed by atoms with Gasteiger partial charge < -0.3 is 9.88 Å². The number of para-hydroxylation sites is 2. The van der Waals surface area contributed by atoms with E-state index in [0.717, 1.165) is 35.9 Å². The van der Waals surface area contributed by atoms with E-state index >= 15 is 0 Å². The van der Waals surface area contributed by atoms with Crippen LogP contribution in [0, 0.1) is 0 Å². The Morgan fingerprint density at radius 1 is 0.867 bits per heavy atom. The third kappa shape index (κ3) is 5.25. The molecule has 3 aromatic carbocycles. The third-order valence-corrected chi connectivity index (χ3v) is 5.40. The molecule has 0 spiro atoms. The fraction of sp³-hybridized carbons (Fsp3) is 0.174. The SMILES string of the molecule is CS(=O)(=O)Nc1cccc(CNCc2ccc(Cn3cnc4ccccc43)cc2)c1. The molecule has 30 heavy (non-hydrogen) atoms. The highest BCUT2D eigenvalue weighted by molar-refractivity contribution is 7.92. The quantitative estimate of drug-likeness (QED) is 0.455. The number of aromatic nitrogens is 2. The molecule has 4 rings (SSSR count). The van der Waals surface area contributed by atoms with Crippen LogP contribution in [-0.4, -0.2) is 24.2 Å². The van der Waals surface area contributed by atoms with E-state index in [1.165, 1.54) is 11.1 Å². The van der Waals surface area contributed by atoms with Crippen LogP contribution < -0.4 is 10.0 Å². The van der Waals surface area contributed by atoms with Crippen LogP contribution in [0.1, 0.15) is 16.7 Å². The van der Waals surface area contributed by atoms with Crippen LogP contribution >= 0.6 is 0 Å². The van der Waals surface area contributed by atoms with E-state index in [-0.39, 0.29) is 0 Å². The molecular weight excluding hydrogens is 396 g/mol. The van der Waals surface area contributed by atoms with Crippen molar-refractivity contribution in [3.05, 3.63) is 95.8 Å². The Bertz CT molecular complexity index is 1250. The van der Waals surface area contributed by atoms with Gasteiger partial charge in [-0.05, 0) is 41.0 Å². The normalized spacial score (nSPS) is 11.6. The first-order valence-corrected chi connectivity index (χ1v) is 11.6. The van der Waals surface area contributed by atoms with Crippen molar-refractivity contribution in [1.82, 2.24) is 14.9 Å². The van der Waals surface area contributed by atoms with Gasteiger partial charge in [0, 0.05) is 25.3 Å². The molecule has 0 bridgehead atoms. The average Bonchev–Trinajstić information content (AvgIpc) is 3.11. The van der Waals surface area contributed by atoms with Gasteiger partial charge in [-0.1, -0.05) is 48.5 Å². The molecule has 0 atom stereocenters. The van der Waals surface area contributed by atoms with E-state index in [1.807, 2.05) is 42.7 Å². The molecule has 0 aliphatic carbocycles. The molecule has 0 saturated heterocycles. The van der Waals surface area contributed by atoms with Crippen molar-refractivity contribution >= 4 is 26.7 Å². The highest BCUT2D eigenvalue weighted by atomic mass is 32.2. The summed E-state index contributed by atoms with van der Waals surface area (Å²) in [5.41, 5.74) is 6.16. The van der Waals surface area contributed by atoms with Crippen LogP contribution in [0.4, 0.5) is 5.69 Å². The number of sulfonamides is 1. The number of imidazole rings is 1. The van der Waals surface area contributed by atoms with Gasteiger partial charge >= 0.3 is 0 Å². The maximum absolute atomic E-state index is 11.4. The first-order chi connectivity index (χ1) is 14.5. The smallest absolute Gasteiger partial charge is 0.229 e. The van der Waals surface area contributed by atoms with Gasteiger partial charge in [-0.25, -0.2) is 13.4 Å². The van der Waals surface area contributed by atoms with E-state index in [9.17, 15) is 8.42 Å². The zero-order chi connectivity index (χ0) is 21.0. The number of hydrogen-bond acceptors (Lipinski definition) is 4. The van der Waals surface area contributed by atoms with Gasteiger partial charge in [0.2, 0.25) is 10.0 Å². The van der Waals surface area contributed by atoms with Gasteiger partial charge in [-0.3, -0.25) is 4.72 Å². The third-order valence-electron chi connectivity index (χ3n) is 4.79. The number of nitrogens with zero attached hydrogens (tertiary/aromatic N) is 2. The molecule has 7 heteroatoms. The second-order valence-corrected chi connectivity index (χ2v) is 9.10. The van der Waals surface area contributed by atoms with Crippen molar-refractivity contribution in [2.24, 2.45) is 0 Å². The van der Waals surface area contributed by atoms with Crippen molar-refractivity contribution < 1.29 is 8.42 Å². The van der Waals surface area contributed by atoms with Crippen molar-refractivity contribution in [3.63, 3.8) is 0 Å². The molecule has 0 unspecified atom stereocenters. The second-order valence-electron chi connectivity index (χ2n) is 7.36. The van der Waals surface area contributed by atoms with Crippen LogP contribution in [0.5, 0.6) is 0 Å². The lowest BCUT2D eigenvalue weighted by Gasteiger charge is -2.09. The van der Waals surface area contributed by atoms with Crippen molar-refractivity contribution in [3.8, 4) is 0 Å². The minimum Gasteiger partial charge on any atom is -0.326 e. The Balaban J connectivity index is 1.33. The number of rotatable bonds is 8.